The lowest BCUT2D eigenvalue weighted by Gasteiger charge is -2.21. The number of rotatable bonds is 3. The summed E-state index contributed by atoms with van der Waals surface area (Å²) in [6.07, 6.45) is 2.21. The first-order valence-electron chi connectivity index (χ1n) is 6.94. The maximum Gasteiger partial charge on any atom is 0.124 e. The minimum Gasteiger partial charge on any atom is -0.303 e. The van der Waals surface area contributed by atoms with Crippen molar-refractivity contribution in [2.24, 2.45) is 0 Å². The van der Waals surface area contributed by atoms with Crippen LogP contribution in [0, 0.1) is 5.82 Å². The van der Waals surface area contributed by atoms with E-state index in [1.807, 2.05) is 0 Å². The SMILES string of the molecule is CC(NC1CCc2ccccc21)c1ccc(F)cc1Cl. The Morgan fingerprint density at radius 3 is 2.85 bits per heavy atom. The van der Waals surface area contributed by atoms with Gasteiger partial charge in [0.2, 0.25) is 0 Å². The van der Waals surface area contributed by atoms with E-state index in [9.17, 15) is 4.39 Å². The van der Waals surface area contributed by atoms with Gasteiger partial charge in [0.05, 0.1) is 0 Å². The van der Waals surface area contributed by atoms with Crippen molar-refractivity contribution in [3.63, 3.8) is 0 Å². The van der Waals surface area contributed by atoms with Gasteiger partial charge in [-0.25, -0.2) is 4.39 Å². The predicted octanol–water partition coefficient (Wildman–Crippen LogP) is 4.82. The molecular formula is C17H17ClFN. The predicted molar refractivity (Wildman–Crippen MR) is 80.5 cm³/mol. The van der Waals surface area contributed by atoms with Crippen molar-refractivity contribution < 1.29 is 4.39 Å². The number of fused-ring (bicyclic) bond motifs is 1. The average molecular weight is 290 g/mol. The van der Waals surface area contributed by atoms with Gasteiger partial charge >= 0.3 is 0 Å². The lowest BCUT2D eigenvalue weighted by molar-refractivity contribution is 0.464. The molecule has 1 aliphatic rings. The molecule has 0 radical (unpaired) electrons. The standard InChI is InChI=1S/C17H17ClFN/c1-11(14-8-7-13(19)10-16(14)18)20-17-9-6-12-4-2-3-5-15(12)17/h2-5,7-8,10-11,17,20H,6,9H2,1H3. The Labute approximate surface area is 123 Å². The third kappa shape index (κ3) is 2.58. The number of benzene rings is 2. The zero-order valence-electron chi connectivity index (χ0n) is 11.4. The third-order valence-corrected chi connectivity index (χ3v) is 4.34. The molecule has 0 spiro atoms. The fourth-order valence-electron chi connectivity index (χ4n) is 2.97. The molecule has 0 fully saturated rings. The van der Waals surface area contributed by atoms with Crippen molar-refractivity contribution >= 4 is 11.6 Å². The molecule has 0 saturated carbocycles. The van der Waals surface area contributed by atoms with Crippen LogP contribution in [0.4, 0.5) is 4.39 Å². The van der Waals surface area contributed by atoms with Gasteiger partial charge in [0.1, 0.15) is 5.82 Å². The highest BCUT2D eigenvalue weighted by molar-refractivity contribution is 6.31. The molecule has 0 heterocycles. The minimum absolute atomic E-state index is 0.0965. The zero-order valence-corrected chi connectivity index (χ0v) is 12.1. The molecule has 1 N–H and O–H groups in total. The lowest BCUT2D eigenvalue weighted by Crippen LogP contribution is -2.23. The Hall–Kier alpha value is -1.38. The fourth-order valence-corrected chi connectivity index (χ4v) is 3.31. The van der Waals surface area contributed by atoms with Gasteiger partial charge in [-0.15, -0.1) is 0 Å². The highest BCUT2D eigenvalue weighted by Gasteiger charge is 2.24. The zero-order chi connectivity index (χ0) is 14.1. The van der Waals surface area contributed by atoms with Crippen molar-refractivity contribution in [3.05, 3.63) is 70.0 Å². The normalized spacial score (nSPS) is 18.9. The van der Waals surface area contributed by atoms with Gasteiger partial charge in [0, 0.05) is 17.1 Å². The maximum absolute atomic E-state index is 13.1. The fraction of sp³-hybridized carbons (Fsp3) is 0.294. The second-order valence-corrected chi connectivity index (χ2v) is 5.75. The van der Waals surface area contributed by atoms with E-state index >= 15 is 0 Å². The summed E-state index contributed by atoms with van der Waals surface area (Å²) < 4.78 is 13.1. The van der Waals surface area contributed by atoms with E-state index in [1.54, 1.807) is 6.07 Å². The molecule has 20 heavy (non-hydrogen) atoms. The van der Waals surface area contributed by atoms with Gasteiger partial charge in [-0.2, -0.15) is 0 Å². The first-order chi connectivity index (χ1) is 9.65. The summed E-state index contributed by atoms with van der Waals surface area (Å²) in [6, 6.07) is 13.6. The van der Waals surface area contributed by atoms with Gasteiger partial charge < -0.3 is 5.32 Å². The molecule has 0 bridgehead atoms. The first kappa shape index (κ1) is 13.6. The first-order valence-corrected chi connectivity index (χ1v) is 7.32. The van der Waals surface area contributed by atoms with Crippen LogP contribution < -0.4 is 5.32 Å². The van der Waals surface area contributed by atoms with Crippen LogP contribution in [0.25, 0.3) is 0 Å². The second kappa shape index (κ2) is 5.55. The quantitative estimate of drug-likeness (QED) is 0.854. The molecule has 0 aromatic heterocycles. The van der Waals surface area contributed by atoms with E-state index < -0.39 is 0 Å². The van der Waals surface area contributed by atoms with Crippen LogP contribution in [-0.4, -0.2) is 0 Å². The molecule has 0 amide bonds. The minimum atomic E-state index is -0.294. The van der Waals surface area contributed by atoms with Crippen LogP contribution in [0.5, 0.6) is 0 Å². The summed E-state index contributed by atoms with van der Waals surface area (Å²) >= 11 is 6.13. The van der Waals surface area contributed by atoms with E-state index in [2.05, 4.69) is 36.5 Å². The molecule has 104 valence electrons. The molecule has 0 saturated heterocycles. The maximum atomic E-state index is 13.1. The van der Waals surface area contributed by atoms with E-state index in [-0.39, 0.29) is 11.9 Å². The molecule has 2 unspecified atom stereocenters. The van der Waals surface area contributed by atoms with Crippen molar-refractivity contribution in [2.75, 3.05) is 0 Å². The summed E-state index contributed by atoms with van der Waals surface area (Å²) in [6.45, 7) is 2.07. The summed E-state index contributed by atoms with van der Waals surface area (Å²) in [5.41, 5.74) is 3.73. The molecule has 3 heteroatoms. The number of hydrogen-bond donors (Lipinski definition) is 1. The van der Waals surface area contributed by atoms with Crippen LogP contribution in [0.2, 0.25) is 5.02 Å². The van der Waals surface area contributed by atoms with Crippen LogP contribution >= 0.6 is 11.6 Å². The summed E-state index contributed by atoms with van der Waals surface area (Å²) in [5.74, 6) is -0.294. The van der Waals surface area contributed by atoms with Gasteiger partial charge in [0.25, 0.3) is 0 Å². The topological polar surface area (TPSA) is 12.0 Å². The Morgan fingerprint density at radius 2 is 2.05 bits per heavy atom. The molecule has 2 aromatic carbocycles. The number of aryl methyl sites for hydroxylation is 1. The second-order valence-electron chi connectivity index (χ2n) is 5.34. The van der Waals surface area contributed by atoms with E-state index in [4.69, 9.17) is 11.6 Å². The van der Waals surface area contributed by atoms with Crippen molar-refractivity contribution in [3.8, 4) is 0 Å². The van der Waals surface area contributed by atoms with Crippen LogP contribution in [-0.2, 0) is 6.42 Å². The Morgan fingerprint density at radius 1 is 1.25 bits per heavy atom. The average Bonchev–Trinajstić information content (AvgIpc) is 2.82. The molecular weight excluding hydrogens is 273 g/mol. The van der Waals surface area contributed by atoms with Gasteiger partial charge in [0.15, 0.2) is 0 Å². The highest BCUT2D eigenvalue weighted by Crippen LogP contribution is 2.34. The van der Waals surface area contributed by atoms with Gasteiger partial charge in [-0.05, 0) is 48.6 Å². The largest absolute Gasteiger partial charge is 0.303 e. The number of hydrogen-bond acceptors (Lipinski definition) is 1. The Bertz CT molecular complexity index is 626. The molecule has 2 atom stereocenters. The van der Waals surface area contributed by atoms with E-state index in [0.29, 0.717) is 11.1 Å². The van der Waals surface area contributed by atoms with Crippen LogP contribution in [0.15, 0.2) is 42.5 Å². The number of nitrogens with one attached hydrogen (secondary N) is 1. The molecule has 2 aromatic rings. The van der Waals surface area contributed by atoms with Gasteiger partial charge in [-0.3, -0.25) is 0 Å². The summed E-state index contributed by atoms with van der Waals surface area (Å²) in [5, 5.41) is 4.09. The summed E-state index contributed by atoms with van der Waals surface area (Å²) in [4.78, 5) is 0. The summed E-state index contributed by atoms with van der Waals surface area (Å²) in [7, 11) is 0. The molecule has 1 nitrogen and oxygen atoms in total. The number of halogens is 2. The Kier molecular flexibility index (Phi) is 3.77. The van der Waals surface area contributed by atoms with Gasteiger partial charge in [-0.1, -0.05) is 41.9 Å². The van der Waals surface area contributed by atoms with E-state index in [1.165, 1.54) is 23.3 Å². The lowest BCUT2D eigenvalue weighted by atomic mass is 10.0. The van der Waals surface area contributed by atoms with Crippen LogP contribution in [0.1, 0.15) is 42.1 Å². The Balaban J connectivity index is 1.79. The molecule has 1 aliphatic carbocycles. The molecule has 3 rings (SSSR count). The molecule has 0 aliphatic heterocycles. The van der Waals surface area contributed by atoms with Crippen molar-refractivity contribution in [2.45, 2.75) is 31.8 Å². The monoisotopic (exact) mass is 289 g/mol. The van der Waals surface area contributed by atoms with Crippen LogP contribution in [0.3, 0.4) is 0 Å². The van der Waals surface area contributed by atoms with E-state index in [0.717, 1.165) is 18.4 Å². The third-order valence-electron chi connectivity index (χ3n) is 4.01. The smallest absolute Gasteiger partial charge is 0.124 e. The highest BCUT2D eigenvalue weighted by atomic mass is 35.5. The van der Waals surface area contributed by atoms with Crippen molar-refractivity contribution in [1.82, 2.24) is 5.32 Å². The van der Waals surface area contributed by atoms with Crippen molar-refractivity contribution in [1.29, 1.82) is 0 Å².